The van der Waals surface area contributed by atoms with E-state index in [4.69, 9.17) is 18.6 Å². The molecule has 32 heavy (non-hydrogen) atoms. The topological polar surface area (TPSA) is 74.0 Å². The molecule has 2 heterocycles. The molecule has 1 amide bonds. The fraction of sp³-hybridized carbons (Fsp3) is 0.360. The maximum Gasteiger partial charge on any atom is 0.260 e. The Bertz CT molecular complexity index is 1050. The normalized spacial score (nSPS) is 15.9. The second-order valence-corrected chi connectivity index (χ2v) is 7.81. The van der Waals surface area contributed by atoms with Crippen LogP contribution in [0.2, 0.25) is 0 Å². The number of aromatic nitrogens is 1. The molecule has 7 nitrogen and oxygen atoms in total. The Labute approximate surface area is 187 Å². The van der Waals surface area contributed by atoms with Crippen LogP contribution >= 0.6 is 0 Å². The summed E-state index contributed by atoms with van der Waals surface area (Å²) in [4.78, 5) is 19.1. The summed E-state index contributed by atoms with van der Waals surface area (Å²) in [5.41, 5.74) is 1.10. The highest BCUT2D eigenvalue weighted by molar-refractivity contribution is 5.78. The van der Waals surface area contributed by atoms with Crippen LogP contribution in [0.1, 0.15) is 36.0 Å². The number of oxazole rings is 1. The zero-order chi connectivity index (χ0) is 22.3. The summed E-state index contributed by atoms with van der Waals surface area (Å²) in [6, 6.07) is 15.2. The fourth-order valence-electron chi connectivity index (χ4n) is 3.95. The lowest BCUT2D eigenvalue weighted by atomic mass is 9.98. The van der Waals surface area contributed by atoms with Gasteiger partial charge in [-0.25, -0.2) is 4.98 Å². The predicted octanol–water partition coefficient (Wildman–Crippen LogP) is 4.07. The first kappa shape index (κ1) is 21.7. The number of nitrogens with zero attached hydrogens (tertiary/aromatic N) is 2. The number of benzene rings is 2. The van der Waals surface area contributed by atoms with Crippen molar-refractivity contribution in [3.05, 3.63) is 71.9 Å². The molecular weight excluding hydrogens is 408 g/mol. The second-order valence-electron chi connectivity index (χ2n) is 7.81. The number of methoxy groups -OCH3 is 2. The number of hydrogen-bond acceptors (Lipinski definition) is 6. The summed E-state index contributed by atoms with van der Waals surface area (Å²) in [6.07, 6.45) is 4.27. The Morgan fingerprint density at radius 2 is 1.97 bits per heavy atom. The molecule has 0 unspecified atom stereocenters. The lowest BCUT2D eigenvalue weighted by molar-refractivity contribution is -0.134. The van der Waals surface area contributed by atoms with Crippen molar-refractivity contribution >= 4 is 5.91 Å². The van der Waals surface area contributed by atoms with E-state index in [2.05, 4.69) is 4.98 Å². The van der Waals surface area contributed by atoms with E-state index in [0.717, 1.165) is 29.9 Å². The molecule has 0 radical (unpaired) electrons. The molecule has 4 rings (SSSR count). The Morgan fingerprint density at radius 3 is 2.78 bits per heavy atom. The van der Waals surface area contributed by atoms with Gasteiger partial charge in [-0.1, -0.05) is 24.3 Å². The SMILES string of the molecule is COc1cccc(Cc2cnc([C@H]3CCCN(C(=O)COc4ccccc4OC)C3)o2)c1. The van der Waals surface area contributed by atoms with Gasteiger partial charge < -0.3 is 23.5 Å². The van der Waals surface area contributed by atoms with Crippen molar-refractivity contribution in [1.29, 1.82) is 0 Å². The van der Waals surface area contributed by atoms with Crippen molar-refractivity contribution in [3.8, 4) is 17.2 Å². The fourth-order valence-corrected chi connectivity index (χ4v) is 3.95. The van der Waals surface area contributed by atoms with E-state index in [-0.39, 0.29) is 18.4 Å². The minimum Gasteiger partial charge on any atom is -0.497 e. The molecule has 1 aromatic heterocycles. The number of amides is 1. The van der Waals surface area contributed by atoms with Crippen molar-refractivity contribution in [2.24, 2.45) is 0 Å². The molecule has 3 aromatic rings. The van der Waals surface area contributed by atoms with Crippen molar-refractivity contribution in [3.63, 3.8) is 0 Å². The molecule has 0 spiro atoms. The van der Waals surface area contributed by atoms with Crippen LogP contribution in [-0.4, -0.2) is 49.7 Å². The van der Waals surface area contributed by atoms with E-state index in [1.807, 2.05) is 47.4 Å². The maximum absolute atomic E-state index is 12.8. The number of para-hydroxylation sites is 2. The van der Waals surface area contributed by atoms with Gasteiger partial charge in [0.1, 0.15) is 11.5 Å². The average Bonchev–Trinajstić information content (AvgIpc) is 3.31. The first-order valence-electron chi connectivity index (χ1n) is 10.8. The summed E-state index contributed by atoms with van der Waals surface area (Å²) >= 11 is 0. The van der Waals surface area contributed by atoms with E-state index in [1.54, 1.807) is 26.5 Å². The first-order chi connectivity index (χ1) is 15.7. The van der Waals surface area contributed by atoms with Gasteiger partial charge in [-0.2, -0.15) is 0 Å². The third-order valence-electron chi connectivity index (χ3n) is 5.63. The molecule has 1 aliphatic heterocycles. The lowest BCUT2D eigenvalue weighted by Crippen LogP contribution is -2.41. The van der Waals surface area contributed by atoms with Gasteiger partial charge >= 0.3 is 0 Å². The molecule has 1 aliphatic rings. The van der Waals surface area contributed by atoms with Crippen molar-refractivity contribution < 1.29 is 23.4 Å². The van der Waals surface area contributed by atoms with Gasteiger partial charge in [0, 0.05) is 19.5 Å². The maximum atomic E-state index is 12.8. The highest BCUT2D eigenvalue weighted by Gasteiger charge is 2.28. The van der Waals surface area contributed by atoms with Crippen LogP contribution in [0, 0.1) is 0 Å². The Balaban J connectivity index is 1.35. The van der Waals surface area contributed by atoms with E-state index < -0.39 is 0 Å². The molecule has 7 heteroatoms. The molecule has 0 bridgehead atoms. The summed E-state index contributed by atoms with van der Waals surface area (Å²) in [6.45, 7) is 1.26. The van der Waals surface area contributed by atoms with Gasteiger partial charge in [-0.05, 0) is 42.7 Å². The smallest absolute Gasteiger partial charge is 0.260 e. The van der Waals surface area contributed by atoms with Gasteiger partial charge in [0.25, 0.3) is 5.91 Å². The Hall–Kier alpha value is -3.48. The second kappa shape index (κ2) is 10.2. The number of carbonyl (C=O) groups excluding carboxylic acids is 1. The van der Waals surface area contributed by atoms with Crippen LogP contribution in [0.25, 0.3) is 0 Å². The number of likely N-dealkylation sites (tertiary alicyclic amines) is 1. The zero-order valence-corrected chi connectivity index (χ0v) is 18.5. The molecular formula is C25H28N2O5. The largest absolute Gasteiger partial charge is 0.497 e. The van der Waals surface area contributed by atoms with Gasteiger partial charge in [0.15, 0.2) is 24.0 Å². The number of hydrogen-bond donors (Lipinski definition) is 0. The van der Waals surface area contributed by atoms with Crippen LogP contribution < -0.4 is 14.2 Å². The number of rotatable bonds is 8. The van der Waals surface area contributed by atoms with E-state index in [9.17, 15) is 4.79 Å². The Kier molecular flexibility index (Phi) is 6.94. The molecule has 1 fully saturated rings. The molecule has 168 valence electrons. The monoisotopic (exact) mass is 436 g/mol. The van der Waals surface area contributed by atoms with Crippen LogP contribution in [0.15, 0.2) is 59.1 Å². The lowest BCUT2D eigenvalue weighted by Gasteiger charge is -2.31. The zero-order valence-electron chi connectivity index (χ0n) is 18.5. The number of ether oxygens (including phenoxy) is 3. The van der Waals surface area contributed by atoms with Crippen LogP contribution in [0.3, 0.4) is 0 Å². The van der Waals surface area contributed by atoms with E-state index in [0.29, 0.717) is 36.9 Å². The molecule has 1 atom stereocenters. The van der Waals surface area contributed by atoms with Crippen LogP contribution in [-0.2, 0) is 11.2 Å². The van der Waals surface area contributed by atoms with Gasteiger partial charge in [-0.15, -0.1) is 0 Å². The Morgan fingerprint density at radius 1 is 1.12 bits per heavy atom. The van der Waals surface area contributed by atoms with E-state index >= 15 is 0 Å². The molecule has 2 aromatic carbocycles. The van der Waals surface area contributed by atoms with Crippen molar-refractivity contribution in [2.75, 3.05) is 33.9 Å². The van der Waals surface area contributed by atoms with Crippen molar-refractivity contribution in [2.45, 2.75) is 25.2 Å². The van der Waals surface area contributed by atoms with Crippen LogP contribution in [0.4, 0.5) is 0 Å². The van der Waals surface area contributed by atoms with E-state index in [1.165, 1.54) is 0 Å². The highest BCUT2D eigenvalue weighted by Crippen LogP contribution is 2.29. The summed E-state index contributed by atoms with van der Waals surface area (Å²) < 4.78 is 22.3. The molecule has 0 aliphatic carbocycles. The number of carbonyl (C=O) groups is 1. The molecule has 0 N–H and O–H groups in total. The van der Waals surface area contributed by atoms with Gasteiger partial charge in [-0.3, -0.25) is 4.79 Å². The third-order valence-corrected chi connectivity index (χ3v) is 5.63. The summed E-state index contributed by atoms with van der Waals surface area (Å²) in [5.74, 6) is 3.51. The average molecular weight is 437 g/mol. The predicted molar refractivity (Wildman–Crippen MR) is 119 cm³/mol. The van der Waals surface area contributed by atoms with Crippen molar-refractivity contribution in [1.82, 2.24) is 9.88 Å². The quantitative estimate of drug-likeness (QED) is 0.530. The van der Waals surface area contributed by atoms with Gasteiger partial charge in [0.05, 0.1) is 26.3 Å². The first-order valence-corrected chi connectivity index (χ1v) is 10.8. The number of piperidine rings is 1. The van der Waals surface area contributed by atoms with Crippen LogP contribution in [0.5, 0.6) is 17.2 Å². The molecule has 0 saturated carbocycles. The standard InChI is InChI=1S/C25H28N2O5/c1-29-20-9-5-7-18(13-20)14-21-15-26-25(32-21)19-8-6-12-27(16-19)24(28)17-31-23-11-4-3-10-22(23)30-2/h3-5,7,9-11,13,15,19H,6,8,12,14,16-17H2,1-2H3/t19-/m0/s1. The summed E-state index contributed by atoms with van der Waals surface area (Å²) in [7, 11) is 3.24. The third kappa shape index (κ3) is 5.22. The van der Waals surface area contributed by atoms with Gasteiger partial charge in [0.2, 0.25) is 0 Å². The minimum atomic E-state index is -0.0521. The highest BCUT2D eigenvalue weighted by atomic mass is 16.5. The minimum absolute atomic E-state index is 0.0280. The summed E-state index contributed by atoms with van der Waals surface area (Å²) in [5, 5.41) is 0. The molecule has 1 saturated heterocycles.